The maximum absolute atomic E-state index is 12.0. The fourth-order valence-corrected chi connectivity index (χ4v) is 2.29. The highest BCUT2D eigenvalue weighted by molar-refractivity contribution is 9.10. The number of aryl methyl sites for hydroxylation is 1. The molecule has 0 spiro atoms. The van der Waals surface area contributed by atoms with Crippen LogP contribution in [0.25, 0.3) is 0 Å². The SMILES string of the molecule is CCCN(CC)CCNC(=O)c1ccc(C)c(Br)c1. The number of nitrogens with zero attached hydrogens (tertiary/aromatic N) is 1. The Morgan fingerprint density at radius 2 is 2.05 bits per heavy atom. The molecular weight excluding hydrogens is 304 g/mol. The highest BCUT2D eigenvalue weighted by Crippen LogP contribution is 2.17. The van der Waals surface area contributed by atoms with Gasteiger partial charge in [0.25, 0.3) is 5.91 Å². The summed E-state index contributed by atoms with van der Waals surface area (Å²) in [6.45, 7) is 10.0. The van der Waals surface area contributed by atoms with Gasteiger partial charge < -0.3 is 10.2 Å². The molecule has 0 aliphatic heterocycles. The maximum Gasteiger partial charge on any atom is 0.251 e. The predicted molar refractivity (Wildman–Crippen MR) is 83.6 cm³/mol. The van der Waals surface area contributed by atoms with Crippen LogP contribution in [0.1, 0.15) is 36.2 Å². The number of amides is 1. The molecule has 1 aromatic carbocycles. The summed E-state index contributed by atoms with van der Waals surface area (Å²) in [6.07, 6.45) is 1.15. The van der Waals surface area contributed by atoms with Gasteiger partial charge in [-0.15, -0.1) is 0 Å². The number of benzene rings is 1. The summed E-state index contributed by atoms with van der Waals surface area (Å²) >= 11 is 3.45. The first-order valence-electron chi connectivity index (χ1n) is 6.85. The van der Waals surface area contributed by atoms with E-state index < -0.39 is 0 Å². The smallest absolute Gasteiger partial charge is 0.251 e. The van der Waals surface area contributed by atoms with E-state index >= 15 is 0 Å². The molecule has 0 saturated carbocycles. The van der Waals surface area contributed by atoms with Crippen molar-refractivity contribution >= 4 is 21.8 Å². The van der Waals surface area contributed by atoms with Gasteiger partial charge in [-0.25, -0.2) is 0 Å². The minimum atomic E-state index is -0.00625. The Labute approximate surface area is 124 Å². The van der Waals surface area contributed by atoms with Crippen LogP contribution in [0, 0.1) is 6.92 Å². The number of rotatable bonds is 7. The van der Waals surface area contributed by atoms with Crippen LogP contribution in [0.2, 0.25) is 0 Å². The van der Waals surface area contributed by atoms with Crippen LogP contribution in [0.5, 0.6) is 0 Å². The molecule has 106 valence electrons. The molecule has 0 heterocycles. The van der Waals surface area contributed by atoms with Crippen molar-refractivity contribution in [3.63, 3.8) is 0 Å². The van der Waals surface area contributed by atoms with Gasteiger partial charge in [-0.2, -0.15) is 0 Å². The number of nitrogens with one attached hydrogen (secondary N) is 1. The van der Waals surface area contributed by atoms with Crippen LogP contribution in [-0.4, -0.2) is 37.0 Å². The zero-order valence-corrected chi connectivity index (χ0v) is 13.6. The van der Waals surface area contributed by atoms with Gasteiger partial charge in [0.2, 0.25) is 0 Å². The predicted octanol–water partition coefficient (Wildman–Crippen LogP) is 3.22. The van der Waals surface area contributed by atoms with Crippen molar-refractivity contribution in [2.24, 2.45) is 0 Å². The van der Waals surface area contributed by atoms with Crippen molar-refractivity contribution in [2.75, 3.05) is 26.2 Å². The molecule has 4 heteroatoms. The van der Waals surface area contributed by atoms with Crippen LogP contribution < -0.4 is 5.32 Å². The third kappa shape index (κ3) is 5.33. The Morgan fingerprint density at radius 1 is 1.32 bits per heavy atom. The minimum Gasteiger partial charge on any atom is -0.351 e. The molecule has 1 N–H and O–H groups in total. The molecule has 1 aromatic rings. The lowest BCUT2D eigenvalue weighted by Crippen LogP contribution is -2.35. The van der Waals surface area contributed by atoms with E-state index in [9.17, 15) is 4.79 Å². The molecule has 0 aliphatic rings. The Bertz CT molecular complexity index is 421. The van der Waals surface area contributed by atoms with E-state index in [0.717, 1.165) is 36.1 Å². The first-order valence-corrected chi connectivity index (χ1v) is 7.64. The quantitative estimate of drug-likeness (QED) is 0.834. The van der Waals surface area contributed by atoms with Gasteiger partial charge in [-0.05, 0) is 44.1 Å². The lowest BCUT2D eigenvalue weighted by atomic mass is 10.1. The van der Waals surface area contributed by atoms with E-state index in [1.807, 2.05) is 25.1 Å². The van der Waals surface area contributed by atoms with E-state index in [2.05, 4.69) is 40.0 Å². The molecule has 1 rings (SSSR count). The zero-order chi connectivity index (χ0) is 14.3. The Kier molecular flexibility index (Phi) is 7.10. The fourth-order valence-electron chi connectivity index (χ4n) is 1.91. The van der Waals surface area contributed by atoms with Crippen molar-refractivity contribution in [1.29, 1.82) is 0 Å². The van der Waals surface area contributed by atoms with E-state index in [1.54, 1.807) is 0 Å². The second-order valence-corrected chi connectivity index (χ2v) is 5.51. The van der Waals surface area contributed by atoms with Gasteiger partial charge in [0, 0.05) is 23.1 Å². The van der Waals surface area contributed by atoms with Gasteiger partial charge in [0.05, 0.1) is 0 Å². The molecule has 0 radical (unpaired) electrons. The summed E-state index contributed by atoms with van der Waals surface area (Å²) in [4.78, 5) is 14.3. The van der Waals surface area contributed by atoms with E-state index in [4.69, 9.17) is 0 Å². The number of hydrogen-bond donors (Lipinski definition) is 1. The van der Waals surface area contributed by atoms with Crippen LogP contribution >= 0.6 is 15.9 Å². The van der Waals surface area contributed by atoms with Crippen molar-refractivity contribution in [3.05, 3.63) is 33.8 Å². The molecule has 0 unspecified atom stereocenters. The maximum atomic E-state index is 12.0. The second-order valence-electron chi connectivity index (χ2n) is 4.65. The molecule has 0 fully saturated rings. The lowest BCUT2D eigenvalue weighted by Gasteiger charge is -2.19. The molecule has 0 bridgehead atoms. The van der Waals surface area contributed by atoms with Crippen LogP contribution in [-0.2, 0) is 0 Å². The van der Waals surface area contributed by atoms with Gasteiger partial charge in [-0.1, -0.05) is 35.8 Å². The Morgan fingerprint density at radius 3 is 2.63 bits per heavy atom. The molecular formula is C15H23BrN2O. The fraction of sp³-hybridized carbons (Fsp3) is 0.533. The summed E-state index contributed by atoms with van der Waals surface area (Å²) in [5, 5.41) is 2.97. The molecule has 0 aromatic heterocycles. The minimum absolute atomic E-state index is 0.00625. The lowest BCUT2D eigenvalue weighted by molar-refractivity contribution is 0.0948. The molecule has 0 saturated heterocycles. The van der Waals surface area contributed by atoms with Crippen molar-refractivity contribution in [1.82, 2.24) is 10.2 Å². The van der Waals surface area contributed by atoms with Crippen LogP contribution in [0.15, 0.2) is 22.7 Å². The number of carbonyl (C=O) groups is 1. The van der Waals surface area contributed by atoms with Crippen molar-refractivity contribution in [2.45, 2.75) is 27.2 Å². The van der Waals surface area contributed by atoms with Gasteiger partial charge in [-0.3, -0.25) is 4.79 Å². The first kappa shape index (κ1) is 16.2. The second kappa shape index (κ2) is 8.33. The Balaban J connectivity index is 2.44. The summed E-state index contributed by atoms with van der Waals surface area (Å²) in [5.74, 6) is -0.00625. The third-order valence-corrected chi connectivity index (χ3v) is 3.99. The van der Waals surface area contributed by atoms with Crippen LogP contribution in [0.4, 0.5) is 0 Å². The van der Waals surface area contributed by atoms with Gasteiger partial charge in [0.1, 0.15) is 0 Å². The van der Waals surface area contributed by atoms with Crippen LogP contribution in [0.3, 0.4) is 0 Å². The summed E-state index contributed by atoms with van der Waals surface area (Å²) in [5.41, 5.74) is 1.84. The van der Waals surface area contributed by atoms with Crippen molar-refractivity contribution < 1.29 is 4.79 Å². The summed E-state index contributed by atoms with van der Waals surface area (Å²) < 4.78 is 0.973. The molecule has 1 amide bonds. The molecule has 19 heavy (non-hydrogen) atoms. The standard InChI is InChI=1S/C15H23BrN2O/c1-4-9-18(5-2)10-8-17-15(19)13-7-6-12(3)14(16)11-13/h6-7,11H,4-5,8-10H2,1-3H3,(H,17,19). The average molecular weight is 327 g/mol. The van der Waals surface area contributed by atoms with E-state index in [-0.39, 0.29) is 5.91 Å². The summed E-state index contributed by atoms with van der Waals surface area (Å²) in [7, 11) is 0. The highest BCUT2D eigenvalue weighted by Gasteiger charge is 2.07. The third-order valence-electron chi connectivity index (χ3n) is 3.13. The average Bonchev–Trinajstić information content (AvgIpc) is 2.40. The number of likely N-dealkylation sites (N-methyl/N-ethyl adjacent to an activating group) is 1. The van der Waals surface area contributed by atoms with E-state index in [1.165, 1.54) is 0 Å². The zero-order valence-electron chi connectivity index (χ0n) is 12.0. The molecule has 3 nitrogen and oxygen atoms in total. The highest BCUT2D eigenvalue weighted by atomic mass is 79.9. The monoisotopic (exact) mass is 326 g/mol. The van der Waals surface area contributed by atoms with Gasteiger partial charge in [0.15, 0.2) is 0 Å². The molecule has 0 atom stereocenters. The normalized spacial score (nSPS) is 10.8. The first-order chi connectivity index (χ1) is 9.08. The summed E-state index contributed by atoms with van der Waals surface area (Å²) in [6, 6.07) is 5.68. The molecule has 0 aliphatic carbocycles. The topological polar surface area (TPSA) is 32.3 Å². The number of carbonyl (C=O) groups excluding carboxylic acids is 1. The Hall–Kier alpha value is -0.870. The largest absolute Gasteiger partial charge is 0.351 e. The van der Waals surface area contributed by atoms with Crippen molar-refractivity contribution in [3.8, 4) is 0 Å². The number of hydrogen-bond acceptors (Lipinski definition) is 2. The van der Waals surface area contributed by atoms with E-state index in [0.29, 0.717) is 12.1 Å². The number of halogens is 1. The van der Waals surface area contributed by atoms with Gasteiger partial charge >= 0.3 is 0 Å².